The van der Waals surface area contributed by atoms with Gasteiger partial charge in [-0.1, -0.05) is 68.4 Å². The highest BCUT2D eigenvalue weighted by atomic mass is 16.3. The molecular formula is C28H35NO. The molecule has 0 spiro atoms. The van der Waals surface area contributed by atoms with E-state index in [4.69, 9.17) is 0 Å². The van der Waals surface area contributed by atoms with Gasteiger partial charge in [-0.2, -0.15) is 0 Å². The fourth-order valence-corrected chi connectivity index (χ4v) is 4.12. The van der Waals surface area contributed by atoms with Crippen molar-refractivity contribution in [1.29, 1.82) is 0 Å². The molecule has 0 aliphatic heterocycles. The van der Waals surface area contributed by atoms with Crippen LogP contribution in [0.15, 0.2) is 72.8 Å². The molecule has 0 aliphatic rings. The van der Waals surface area contributed by atoms with Gasteiger partial charge in [-0.15, -0.1) is 0 Å². The summed E-state index contributed by atoms with van der Waals surface area (Å²) in [5.41, 5.74) is 7.36. The van der Waals surface area contributed by atoms with Crippen molar-refractivity contribution >= 4 is 5.69 Å². The van der Waals surface area contributed by atoms with Gasteiger partial charge in [0, 0.05) is 18.3 Å². The molecule has 0 bridgehead atoms. The predicted octanol–water partition coefficient (Wildman–Crippen LogP) is 7.16. The van der Waals surface area contributed by atoms with E-state index in [1.54, 1.807) is 0 Å². The highest BCUT2D eigenvalue weighted by Crippen LogP contribution is 2.28. The normalized spacial score (nSPS) is 11.3. The number of anilines is 1. The number of nitrogens with zero attached hydrogens (tertiary/aromatic N) is 1. The van der Waals surface area contributed by atoms with Crippen LogP contribution in [-0.4, -0.2) is 11.1 Å². The van der Waals surface area contributed by atoms with E-state index in [0.717, 1.165) is 12.1 Å². The number of rotatable bonds is 9. The molecule has 3 aromatic carbocycles. The second-order valence-electron chi connectivity index (χ2n) is 8.38. The molecule has 0 saturated carbocycles. The maximum Gasteiger partial charge on any atom is 0.0681 e. The molecule has 158 valence electrons. The number of benzene rings is 3. The van der Waals surface area contributed by atoms with E-state index in [1.165, 1.54) is 40.8 Å². The molecule has 0 radical (unpaired) electrons. The van der Waals surface area contributed by atoms with Crippen LogP contribution in [0.3, 0.4) is 0 Å². The van der Waals surface area contributed by atoms with Gasteiger partial charge >= 0.3 is 0 Å². The monoisotopic (exact) mass is 401 g/mol. The van der Waals surface area contributed by atoms with Gasteiger partial charge in [0.25, 0.3) is 0 Å². The first-order chi connectivity index (χ1) is 14.5. The minimum atomic E-state index is 0.0831. The van der Waals surface area contributed by atoms with Crippen LogP contribution in [0.4, 0.5) is 5.69 Å². The van der Waals surface area contributed by atoms with Crippen LogP contribution in [0.2, 0.25) is 0 Å². The first kappa shape index (κ1) is 22.1. The van der Waals surface area contributed by atoms with Crippen molar-refractivity contribution in [3.05, 3.63) is 89.5 Å². The Hall–Kier alpha value is -2.58. The molecule has 30 heavy (non-hydrogen) atoms. The average molecular weight is 402 g/mol. The number of hydrogen-bond donors (Lipinski definition) is 1. The largest absolute Gasteiger partial charge is 0.392 e. The lowest BCUT2D eigenvalue weighted by atomic mass is 9.94. The van der Waals surface area contributed by atoms with Crippen LogP contribution >= 0.6 is 0 Å². The van der Waals surface area contributed by atoms with Crippen LogP contribution in [0.5, 0.6) is 0 Å². The fourth-order valence-electron chi connectivity index (χ4n) is 4.12. The standard InChI is InChI=1S/C28H35NO/c1-5-24(6-2)25-14-16-28(17-15-25)29(21(3)4)19-23-8-7-9-27(18-23)26-12-10-22(20-30)11-13-26/h7-18,21,24,30H,5-6,19-20H2,1-4H3. The van der Waals surface area contributed by atoms with Crippen molar-refractivity contribution in [2.75, 3.05) is 4.90 Å². The third-order valence-electron chi connectivity index (χ3n) is 6.05. The Kier molecular flexibility index (Phi) is 7.70. The molecule has 0 atom stereocenters. The maximum absolute atomic E-state index is 9.27. The van der Waals surface area contributed by atoms with Gasteiger partial charge in [0.05, 0.1) is 6.61 Å². The summed E-state index contributed by atoms with van der Waals surface area (Å²) in [7, 11) is 0. The first-order valence-electron chi connectivity index (χ1n) is 11.2. The zero-order valence-corrected chi connectivity index (χ0v) is 18.8. The lowest BCUT2D eigenvalue weighted by Crippen LogP contribution is -2.30. The highest BCUT2D eigenvalue weighted by Gasteiger charge is 2.13. The smallest absolute Gasteiger partial charge is 0.0681 e. The number of hydrogen-bond acceptors (Lipinski definition) is 2. The fraction of sp³-hybridized carbons (Fsp3) is 0.357. The van der Waals surface area contributed by atoms with Gasteiger partial charge in [0.2, 0.25) is 0 Å². The van der Waals surface area contributed by atoms with Gasteiger partial charge in [0.15, 0.2) is 0 Å². The van der Waals surface area contributed by atoms with Crippen LogP contribution in [-0.2, 0) is 13.2 Å². The summed E-state index contributed by atoms with van der Waals surface area (Å²) in [6.07, 6.45) is 2.38. The Morgan fingerprint density at radius 2 is 1.43 bits per heavy atom. The van der Waals surface area contributed by atoms with E-state index in [0.29, 0.717) is 12.0 Å². The molecule has 3 aromatic rings. The Morgan fingerprint density at radius 1 is 0.767 bits per heavy atom. The Balaban J connectivity index is 1.81. The third-order valence-corrected chi connectivity index (χ3v) is 6.05. The summed E-state index contributed by atoms with van der Waals surface area (Å²) in [4.78, 5) is 2.46. The Bertz CT molecular complexity index is 908. The van der Waals surface area contributed by atoms with Gasteiger partial charge in [-0.25, -0.2) is 0 Å². The van der Waals surface area contributed by atoms with E-state index in [9.17, 15) is 5.11 Å². The van der Waals surface area contributed by atoms with Crippen molar-refractivity contribution in [3.63, 3.8) is 0 Å². The van der Waals surface area contributed by atoms with Crippen molar-refractivity contribution in [3.8, 4) is 11.1 Å². The van der Waals surface area contributed by atoms with E-state index < -0.39 is 0 Å². The summed E-state index contributed by atoms with van der Waals surface area (Å²) in [5, 5.41) is 9.27. The molecule has 0 amide bonds. The molecule has 0 aliphatic carbocycles. The lowest BCUT2D eigenvalue weighted by Gasteiger charge is -2.30. The molecule has 0 saturated heterocycles. The summed E-state index contributed by atoms with van der Waals surface area (Å²) in [6.45, 7) is 10.0. The Morgan fingerprint density at radius 3 is 2.00 bits per heavy atom. The zero-order valence-electron chi connectivity index (χ0n) is 18.8. The molecule has 0 fully saturated rings. The minimum Gasteiger partial charge on any atom is -0.392 e. The molecular weight excluding hydrogens is 366 g/mol. The number of aliphatic hydroxyl groups excluding tert-OH is 1. The van der Waals surface area contributed by atoms with E-state index in [1.807, 2.05) is 12.1 Å². The topological polar surface area (TPSA) is 23.5 Å². The van der Waals surface area contributed by atoms with Crippen LogP contribution in [0.25, 0.3) is 11.1 Å². The first-order valence-corrected chi connectivity index (χ1v) is 11.2. The molecule has 3 rings (SSSR count). The van der Waals surface area contributed by atoms with Gasteiger partial charge < -0.3 is 10.0 Å². The van der Waals surface area contributed by atoms with Crippen molar-refractivity contribution in [2.45, 2.75) is 65.6 Å². The van der Waals surface area contributed by atoms with Crippen LogP contribution in [0, 0.1) is 0 Å². The van der Waals surface area contributed by atoms with E-state index >= 15 is 0 Å². The van der Waals surface area contributed by atoms with E-state index in [-0.39, 0.29) is 6.61 Å². The highest BCUT2D eigenvalue weighted by molar-refractivity contribution is 5.64. The second-order valence-corrected chi connectivity index (χ2v) is 8.38. The maximum atomic E-state index is 9.27. The second kappa shape index (κ2) is 10.4. The Labute approximate surface area is 182 Å². The molecule has 0 heterocycles. The molecule has 1 N–H and O–H groups in total. The lowest BCUT2D eigenvalue weighted by molar-refractivity contribution is 0.282. The molecule has 2 heteroatoms. The minimum absolute atomic E-state index is 0.0831. The molecule has 0 aromatic heterocycles. The molecule has 0 unspecified atom stereocenters. The zero-order chi connectivity index (χ0) is 21.5. The van der Waals surface area contributed by atoms with Crippen molar-refractivity contribution < 1.29 is 5.11 Å². The number of aliphatic hydroxyl groups is 1. The average Bonchev–Trinajstić information content (AvgIpc) is 2.79. The van der Waals surface area contributed by atoms with Crippen LogP contribution < -0.4 is 4.90 Å². The van der Waals surface area contributed by atoms with Gasteiger partial charge in [0.1, 0.15) is 0 Å². The quantitative estimate of drug-likeness (QED) is 0.411. The van der Waals surface area contributed by atoms with Gasteiger partial charge in [-0.05, 0) is 78.6 Å². The van der Waals surface area contributed by atoms with Crippen molar-refractivity contribution in [1.82, 2.24) is 0 Å². The summed E-state index contributed by atoms with van der Waals surface area (Å²) < 4.78 is 0. The summed E-state index contributed by atoms with van der Waals surface area (Å²) in [6, 6.07) is 26.5. The SMILES string of the molecule is CCC(CC)c1ccc(N(Cc2cccc(-c3ccc(CO)cc3)c2)C(C)C)cc1. The van der Waals surface area contributed by atoms with Crippen LogP contribution in [0.1, 0.15) is 63.1 Å². The van der Waals surface area contributed by atoms with Gasteiger partial charge in [-0.3, -0.25) is 0 Å². The summed E-state index contributed by atoms with van der Waals surface area (Å²) >= 11 is 0. The third kappa shape index (κ3) is 5.31. The van der Waals surface area contributed by atoms with E-state index in [2.05, 4.69) is 93.3 Å². The van der Waals surface area contributed by atoms with Crippen molar-refractivity contribution in [2.24, 2.45) is 0 Å². The predicted molar refractivity (Wildman–Crippen MR) is 129 cm³/mol. The molecule has 2 nitrogen and oxygen atoms in total. The summed E-state index contributed by atoms with van der Waals surface area (Å²) in [5.74, 6) is 0.653.